The van der Waals surface area contributed by atoms with Gasteiger partial charge in [0.25, 0.3) is 5.91 Å². The first kappa shape index (κ1) is 36.3. The van der Waals surface area contributed by atoms with E-state index in [1.54, 1.807) is 31.4 Å². The lowest BCUT2D eigenvalue weighted by molar-refractivity contribution is -0.137. The summed E-state index contributed by atoms with van der Waals surface area (Å²) in [4.78, 5) is 48.0. The van der Waals surface area contributed by atoms with Crippen LogP contribution in [0.1, 0.15) is 85.5 Å². The Kier molecular flexibility index (Phi) is 12.0. The molecule has 2 aliphatic carbocycles. The van der Waals surface area contributed by atoms with Crippen LogP contribution in [0.25, 0.3) is 17.0 Å². The number of rotatable bonds is 13. The Morgan fingerprint density at radius 2 is 1.56 bits per heavy atom. The number of hydrogen-bond donors (Lipinski definition) is 2. The molecule has 4 aromatic rings. The van der Waals surface area contributed by atoms with Crippen LogP contribution in [0.15, 0.2) is 79.1 Å². The summed E-state index contributed by atoms with van der Waals surface area (Å²) in [6.45, 7) is 1.84. The minimum atomic E-state index is -1.16. The highest BCUT2D eigenvalue weighted by Crippen LogP contribution is 2.41. The van der Waals surface area contributed by atoms with E-state index >= 15 is 0 Å². The minimum absolute atomic E-state index is 0.0396. The Labute approximate surface area is 304 Å². The average molecular weight is 703 g/mol. The third-order valence-corrected chi connectivity index (χ3v) is 10.5. The lowest BCUT2D eigenvalue weighted by Crippen LogP contribution is -2.35. The average Bonchev–Trinajstić information content (AvgIpc) is 3.18. The van der Waals surface area contributed by atoms with E-state index in [1.165, 1.54) is 61.1 Å². The van der Waals surface area contributed by atoms with Crippen LogP contribution < -0.4 is 10.1 Å². The molecule has 2 heterocycles. The van der Waals surface area contributed by atoms with Gasteiger partial charge >= 0.3 is 5.97 Å². The fraction of sp³-hybridized carbons (Fsp3) is 0.390. The zero-order valence-electron chi connectivity index (χ0n) is 29.8. The van der Waals surface area contributed by atoms with Gasteiger partial charge in [-0.25, -0.2) is 9.97 Å². The summed E-state index contributed by atoms with van der Waals surface area (Å²) in [5.41, 5.74) is 4.71. The number of hydrogen-bond acceptors (Lipinski definition) is 8. The van der Waals surface area contributed by atoms with Gasteiger partial charge in [-0.05, 0) is 90.8 Å². The van der Waals surface area contributed by atoms with Gasteiger partial charge in [0, 0.05) is 30.1 Å². The Morgan fingerprint density at radius 3 is 2.15 bits per heavy atom. The number of benzene rings is 2. The van der Waals surface area contributed by atoms with Gasteiger partial charge < -0.3 is 20.1 Å². The number of nitrogens with one attached hydrogen (secondary N) is 1. The molecule has 2 aromatic carbocycles. The number of carbonyl (C=O) groups is 3. The third kappa shape index (κ3) is 9.45. The zero-order chi connectivity index (χ0) is 36.5. The Hall–Kier alpha value is -5.45. The van der Waals surface area contributed by atoms with Crippen molar-refractivity contribution in [2.75, 3.05) is 19.0 Å². The second kappa shape index (κ2) is 17.2. The molecule has 0 bridgehead atoms. The second-order valence-electron chi connectivity index (χ2n) is 13.9. The number of amides is 2. The van der Waals surface area contributed by atoms with Gasteiger partial charge in [-0.2, -0.15) is 0 Å². The van der Waals surface area contributed by atoms with Crippen molar-refractivity contribution in [3.8, 4) is 17.1 Å². The van der Waals surface area contributed by atoms with Crippen molar-refractivity contribution in [1.29, 1.82) is 0 Å². The summed E-state index contributed by atoms with van der Waals surface area (Å²) in [5.74, 6) is 2.01. The zero-order valence-corrected chi connectivity index (χ0v) is 29.8. The molecule has 11 nitrogen and oxygen atoms in total. The van der Waals surface area contributed by atoms with Gasteiger partial charge in [-0.1, -0.05) is 68.7 Å². The van der Waals surface area contributed by atoms with E-state index in [4.69, 9.17) is 4.74 Å². The Morgan fingerprint density at radius 1 is 0.846 bits per heavy atom. The van der Waals surface area contributed by atoms with Crippen LogP contribution in [0.4, 0.5) is 5.82 Å². The van der Waals surface area contributed by atoms with Gasteiger partial charge in [0.05, 0.1) is 13.5 Å². The SMILES string of the molecule is CC[C@H]1CC[C@H](C2CC=C(c3cnc(-c4ccc(CN(CC(=O)O)C(=O)c5ccc(NC(=O)Cc6ccc(OC)cc6)nn5)cc4)nc3)CC2)CC1. The molecule has 270 valence electrons. The summed E-state index contributed by atoms with van der Waals surface area (Å²) >= 11 is 0. The van der Waals surface area contributed by atoms with Crippen molar-refractivity contribution in [1.82, 2.24) is 25.1 Å². The summed E-state index contributed by atoms with van der Waals surface area (Å²) in [7, 11) is 1.57. The maximum absolute atomic E-state index is 13.3. The highest BCUT2D eigenvalue weighted by Gasteiger charge is 2.28. The normalized spacial score (nSPS) is 18.6. The summed E-state index contributed by atoms with van der Waals surface area (Å²) in [6, 6.07) is 17.4. The van der Waals surface area contributed by atoms with Gasteiger partial charge in [0.2, 0.25) is 5.91 Å². The van der Waals surface area contributed by atoms with Crippen LogP contribution in [-0.4, -0.2) is 61.6 Å². The fourth-order valence-corrected chi connectivity index (χ4v) is 7.39. The number of carbonyl (C=O) groups excluding carboxylic acids is 2. The lowest BCUT2D eigenvalue weighted by atomic mass is 9.71. The molecule has 1 unspecified atom stereocenters. The molecule has 11 heteroatoms. The molecular weight excluding hydrogens is 656 g/mol. The number of aliphatic carboxylic acids is 1. The number of carboxylic acids is 1. The predicted molar refractivity (Wildman–Crippen MR) is 198 cm³/mol. The largest absolute Gasteiger partial charge is 0.497 e. The van der Waals surface area contributed by atoms with Crippen LogP contribution >= 0.6 is 0 Å². The molecule has 2 N–H and O–H groups in total. The van der Waals surface area contributed by atoms with Crippen LogP contribution in [0.2, 0.25) is 0 Å². The molecule has 1 saturated carbocycles. The Bertz CT molecular complexity index is 1850. The van der Waals surface area contributed by atoms with Gasteiger partial charge in [0.1, 0.15) is 12.3 Å². The van der Waals surface area contributed by atoms with Crippen molar-refractivity contribution in [3.63, 3.8) is 0 Å². The van der Waals surface area contributed by atoms with Gasteiger partial charge in [-0.3, -0.25) is 14.4 Å². The van der Waals surface area contributed by atoms with Crippen LogP contribution in [0.5, 0.6) is 5.75 Å². The van der Waals surface area contributed by atoms with E-state index in [-0.39, 0.29) is 30.4 Å². The molecule has 0 spiro atoms. The molecule has 0 saturated heterocycles. The number of allylic oxidation sites excluding steroid dienone is 2. The van der Waals surface area contributed by atoms with Crippen molar-refractivity contribution < 1.29 is 24.2 Å². The number of methoxy groups -OCH3 is 1. The van der Waals surface area contributed by atoms with Crippen molar-refractivity contribution in [2.24, 2.45) is 17.8 Å². The smallest absolute Gasteiger partial charge is 0.323 e. The number of aromatic nitrogens is 4. The molecule has 52 heavy (non-hydrogen) atoms. The highest BCUT2D eigenvalue weighted by atomic mass is 16.5. The maximum Gasteiger partial charge on any atom is 0.323 e. The van der Waals surface area contributed by atoms with Crippen LogP contribution in [0.3, 0.4) is 0 Å². The maximum atomic E-state index is 13.3. The molecule has 0 aliphatic heterocycles. The topological polar surface area (TPSA) is 148 Å². The van der Waals surface area contributed by atoms with E-state index in [2.05, 4.69) is 38.5 Å². The number of carboxylic acid groups (broad SMARTS) is 1. The lowest BCUT2D eigenvalue weighted by Gasteiger charge is -2.35. The number of ether oxygens (including phenoxy) is 1. The van der Waals surface area contributed by atoms with Crippen molar-refractivity contribution in [3.05, 3.63) is 102 Å². The van der Waals surface area contributed by atoms with Crippen molar-refractivity contribution >= 4 is 29.2 Å². The summed E-state index contributed by atoms with van der Waals surface area (Å²) < 4.78 is 5.14. The van der Waals surface area contributed by atoms with E-state index in [9.17, 15) is 19.5 Å². The van der Waals surface area contributed by atoms with E-state index in [0.717, 1.165) is 52.8 Å². The quantitative estimate of drug-likeness (QED) is 0.147. The molecule has 6 rings (SSSR count). The first-order chi connectivity index (χ1) is 25.3. The summed E-state index contributed by atoms with van der Waals surface area (Å²) in [5, 5.41) is 20.2. The molecule has 2 aromatic heterocycles. The standard InChI is InChI=1S/C41H46N6O5/c1-3-27-4-10-30(11-5-27)31-14-16-32(17-15-31)34-23-42-40(43-24-34)33-12-6-29(7-13-33)25-47(26-39(49)50)41(51)36-20-21-37(46-45-36)44-38(48)22-28-8-18-35(52-2)19-9-28/h6-9,12-13,16,18-21,23-24,27,30-31H,3-5,10-11,14-15,17,22,25-26H2,1-2H3,(H,49,50)(H,44,46,48)/t27-,30-,31?. The Balaban J connectivity index is 1.03. The van der Waals surface area contributed by atoms with Gasteiger partial charge in [0.15, 0.2) is 17.3 Å². The molecule has 0 radical (unpaired) electrons. The number of anilines is 1. The third-order valence-electron chi connectivity index (χ3n) is 10.5. The molecule has 2 amide bonds. The molecule has 1 atom stereocenters. The van der Waals surface area contributed by atoms with Gasteiger partial charge in [-0.15, -0.1) is 10.2 Å². The molecular formula is C41H46N6O5. The minimum Gasteiger partial charge on any atom is -0.497 e. The van der Waals surface area contributed by atoms with E-state index < -0.39 is 18.4 Å². The first-order valence-corrected chi connectivity index (χ1v) is 18.2. The highest BCUT2D eigenvalue weighted by molar-refractivity contribution is 5.95. The molecule has 1 fully saturated rings. The molecule has 2 aliphatic rings. The summed E-state index contributed by atoms with van der Waals surface area (Å²) in [6.07, 6.45) is 16.6. The van der Waals surface area contributed by atoms with Crippen LogP contribution in [0, 0.1) is 17.8 Å². The van der Waals surface area contributed by atoms with Crippen LogP contribution in [-0.2, 0) is 22.6 Å². The predicted octanol–water partition coefficient (Wildman–Crippen LogP) is 7.25. The number of nitrogens with zero attached hydrogens (tertiary/aromatic N) is 5. The van der Waals surface area contributed by atoms with E-state index in [1.807, 2.05) is 36.7 Å². The fourth-order valence-electron chi connectivity index (χ4n) is 7.39. The second-order valence-corrected chi connectivity index (χ2v) is 13.9. The first-order valence-electron chi connectivity index (χ1n) is 18.2. The van der Waals surface area contributed by atoms with E-state index in [0.29, 0.717) is 11.6 Å². The monoisotopic (exact) mass is 702 g/mol. The van der Waals surface area contributed by atoms with Crippen molar-refractivity contribution in [2.45, 2.75) is 71.3 Å².